The summed E-state index contributed by atoms with van der Waals surface area (Å²) in [6.07, 6.45) is 4.57. The van der Waals surface area contributed by atoms with Crippen LogP contribution in [0.4, 0.5) is 0 Å². The number of ether oxygens (including phenoxy) is 1. The van der Waals surface area contributed by atoms with Crippen molar-refractivity contribution in [1.29, 1.82) is 0 Å². The Balaban J connectivity index is 1.53. The van der Waals surface area contributed by atoms with Crippen LogP contribution < -0.4 is 10.9 Å². The first-order valence-corrected chi connectivity index (χ1v) is 10.7. The quantitative estimate of drug-likeness (QED) is 0.518. The van der Waals surface area contributed by atoms with Crippen molar-refractivity contribution in [2.45, 2.75) is 31.8 Å². The van der Waals surface area contributed by atoms with Gasteiger partial charge in [-0.3, -0.25) is 9.59 Å². The number of carbonyl (C=O) groups excluding carboxylic acids is 1. The second-order valence-electron chi connectivity index (χ2n) is 8.06. The Morgan fingerprint density at radius 2 is 1.87 bits per heavy atom. The Kier molecular flexibility index (Phi) is 5.08. The summed E-state index contributed by atoms with van der Waals surface area (Å²) in [5, 5.41) is 5.68. The van der Waals surface area contributed by atoms with Gasteiger partial charge in [-0.1, -0.05) is 36.4 Å². The van der Waals surface area contributed by atoms with E-state index < -0.39 is 0 Å². The van der Waals surface area contributed by atoms with Crippen LogP contribution in [0.25, 0.3) is 21.7 Å². The molecule has 2 aromatic heterocycles. The van der Waals surface area contributed by atoms with Gasteiger partial charge in [-0.15, -0.1) is 0 Å². The maximum Gasteiger partial charge on any atom is 0.258 e. The summed E-state index contributed by atoms with van der Waals surface area (Å²) in [7, 11) is 1.60. The van der Waals surface area contributed by atoms with E-state index in [2.05, 4.69) is 22.4 Å². The van der Waals surface area contributed by atoms with Crippen LogP contribution in [-0.4, -0.2) is 29.2 Å². The molecule has 1 aliphatic rings. The molecule has 0 bridgehead atoms. The molecule has 0 saturated heterocycles. The second kappa shape index (κ2) is 8.04. The standard InChI is InChI=1S/C25H25N3O3/c1-31-14-13-28-15-20(16-7-2-3-9-19(16)25(28)30)24(29)27-22-12-6-10-18-17-8-4-5-11-21(17)26-23(18)22/h2-5,7-9,11,15,22,26H,6,10,12-14H2,1H3,(H,27,29)/t22-/m0/s1. The van der Waals surface area contributed by atoms with E-state index in [-0.39, 0.29) is 17.5 Å². The van der Waals surface area contributed by atoms with Gasteiger partial charge in [-0.25, -0.2) is 0 Å². The number of pyridine rings is 1. The maximum absolute atomic E-state index is 13.4. The molecule has 4 aromatic rings. The van der Waals surface area contributed by atoms with Crippen molar-refractivity contribution in [2.75, 3.05) is 13.7 Å². The number of benzene rings is 2. The minimum Gasteiger partial charge on any atom is -0.383 e. The van der Waals surface area contributed by atoms with Crippen molar-refractivity contribution in [1.82, 2.24) is 14.9 Å². The number of aromatic amines is 1. The molecule has 0 unspecified atom stereocenters. The van der Waals surface area contributed by atoms with Gasteiger partial charge in [0.2, 0.25) is 0 Å². The third-order valence-electron chi connectivity index (χ3n) is 6.19. The van der Waals surface area contributed by atoms with Crippen molar-refractivity contribution in [3.63, 3.8) is 0 Å². The number of carbonyl (C=O) groups is 1. The van der Waals surface area contributed by atoms with E-state index in [4.69, 9.17) is 4.74 Å². The number of hydrogen-bond donors (Lipinski definition) is 2. The minimum atomic E-state index is -0.168. The van der Waals surface area contributed by atoms with E-state index in [0.29, 0.717) is 29.5 Å². The van der Waals surface area contributed by atoms with Gasteiger partial charge in [0.15, 0.2) is 0 Å². The molecule has 2 N–H and O–H groups in total. The fraction of sp³-hybridized carbons (Fsp3) is 0.280. The third kappa shape index (κ3) is 3.43. The molecule has 6 heteroatoms. The topological polar surface area (TPSA) is 76.1 Å². The van der Waals surface area contributed by atoms with Gasteiger partial charge in [0.1, 0.15) is 0 Å². The van der Waals surface area contributed by atoms with Crippen molar-refractivity contribution in [3.05, 3.63) is 81.9 Å². The molecule has 0 spiro atoms. The number of fused-ring (bicyclic) bond motifs is 4. The molecule has 0 fully saturated rings. The average Bonchev–Trinajstić information content (AvgIpc) is 3.18. The fourth-order valence-electron chi connectivity index (χ4n) is 4.68. The Labute approximate surface area is 179 Å². The molecule has 5 rings (SSSR count). The lowest BCUT2D eigenvalue weighted by Gasteiger charge is -2.24. The van der Waals surface area contributed by atoms with Crippen molar-refractivity contribution in [2.24, 2.45) is 0 Å². The lowest BCUT2D eigenvalue weighted by molar-refractivity contribution is 0.0932. The molecule has 0 aliphatic heterocycles. The monoisotopic (exact) mass is 415 g/mol. The summed E-state index contributed by atoms with van der Waals surface area (Å²) in [4.78, 5) is 29.8. The molecule has 6 nitrogen and oxygen atoms in total. The first-order chi connectivity index (χ1) is 15.2. The van der Waals surface area contributed by atoms with E-state index in [1.165, 1.54) is 10.9 Å². The van der Waals surface area contributed by atoms with E-state index in [9.17, 15) is 9.59 Å². The number of para-hydroxylation sites is 1. The summed E-state index contributed by atoms with van der Waals surface area (Å²) < 4.78 is 6.70. The highest BCUT2D eigenvalue weighted by molar-refractivity contribution is 6.06. The number of amides is 1. The maximum atomic E-state index is 13.4. The predicted molar refractivity (Wildman–Crippen MR) is 122 cm³/mol. The summed E-state index contributed by atoms with van der Waals surface area (Å²) >= 11 is 0. The highest BCUT2D eigenvalue weighted by atomic mass is 16.5. The Morgan fingerprint density at radius 3 is 2.68 bits per heavy atom. The first kappa shape index (κ1) is 19.6. The van der Waals surface area contributed by atoms with Crippen LogP contribution in [0, 0.1) is 0 Å². The lowest BCUT2D eigenvalue weighted by Crippen LogP contribution is -2.33. The predicted octanol–water partition coefficient (Wildman–Crippen LogP) is 3.94. The molecule has 158 valence electrons. The van der Waals surface area contributed by atoms with Crippen LogP contribution in [0.5, 0.6) is 0 Å². The Morgan fingerprint density at radius 1 is 1.13 bits per heavy atom. The van der Waals surface area contributed by atoms with Gasteiger partial charge in [0.25, 0.3) is 11.5 Å². The van der Waals surface area contributed by atoms with Gasteiger partial charge in [-0.05, 0) is 37.0 Å². The molecular weight excluding hydrogens is 390 g/mol. The largest absolute Gasteiger partial charge is 0.383 e. The number of aromatic nitrogens is 2. The summed E-state index contributed by atoms with van der Waals surface area (Å²) in [6.45, 7) is 0.802. The molecule has 0 radical (unpaired) electrons. The zero-order valence-electron chi connectivity index (χ0n) is 17.5. The van der Waals surface area contributed by atoms with Crippen LogP contribution in [-0.2, 0) is 17.7 Å². The molecular formula is C25H25N3O3. The van der Waals surface area contributed by atoms with Crippen LogP contribution in [0.1, 0.15) is 40.5 Å². The highest BCUT2D eigenvalue weighted by Gasteiger charge is 2.26. The number of nitrogens with one attached hydrogen (secondary N) is 2. The van der Waals surface area contributed by atoms with E-state index in [0.717, 1.165) is 30.5 Å². The van der Waals surface area contributed by atoms with E-state index in [1.807, 2.05) is 30.3 Å². The van der Waals surface area contributed by atoms with Gasteiger partial charge in [-0.2, -0.15) is 0 Å². The third-order valence-corrected chi connectivity index (χ3v) is 6.19. The number of nitrogens with zero attached hydrogens (tertiary/aromatic N) is 1. The molecule has 1 aliphatic carbocycles. The Bertz CT molecular complexity index is 1340. The smallest absolute Gasteiger partial charge is 0.258 e. The molecule has 31 heavy (non-hydrogen) atoms. The zero-order valence-corrected chi connectivity index (χ0v) is 17.5. The number of methoxy groups -OCH3 is 1. The van der Waals surface area contributed by atoms with Crippen LogP contribution in [0.3, 0.4) is 0 Å². The van der Waals surface area contributed by atoms with Crippen LogP contribution in [0.2, 0.25) is 0 Å². The summed E-state index contributed by atoms with van der Waals surface area (Å²) in [5.41, 5.74) is 3.89. The SMILES string of the molecule is COCCn1cc(C(=O)N[C@H]2CCCc3c2[nH]c2ccccc32)c2ccccc2c1=O. The molecule has 1 atom stereocenters. The summed E-state index contributed by atoms with van der Waals surface area (Å²) in [6, 6.07) is 15.5. The van der Waals surface area contributed by atoms with Gasteiger partial charge >= 0.3 is 0 Å². The average molecular weight is 415 g/mol. The molecule has 1 amide bonds. The van der Waals surface area contributed by atoms with E-state index in [1.54, 1.807) is 23.9 Å². The summed E-state index contributed by atoms with van der Waals surface area (Å²) in [5.74, 6) is -0.168. The molecule has 2 heterocycles. The van der Waals surface area contributed by atoms with Crippen LogP contribution >= 0.6 is 0 Å². The highest BCUT2D eigenvalue weighted by Crippen LogP contribution is 2.35. The molecule has 2 aromatic carbocycles. The van der Waals surface area contributed by atoms with E-state index >= 15 is 0 Å². The van der Waals surface area contributed by atoms with Gasteiger partial charge < -0.3 is 19.6 Å². The van der Waals surface area contributed by atoms with Crippen molar-refractivity contribution in [3.8, 4) is 0 Å². The normalized spacial score (nSPS) is 15.8. The fourth-order valence-corrected chi connectivity index (χ4v) is 4.68. The van der Waals surface area contributed by atoms with Crippen LogP contribution in [0.15, 0.2) is 59.5 Å². The number of hydrogen-bond acceptors (Lipinski definition) is 3. The number of rotatable bonds is 5. The van der Waals surface area contributed by atoms with Gasteiger partial charge in [0, 0.05) is 47.2 Å². The Hall–Kier alpha value is -3.38. The lowest BCUT2D eigenvalue weighted by atomic mass is 9.91. The number of aryl methyl sites for hydroxylation is 1. The minimum absolute atomic E-state index is 0.0817. The first-order valence-electron chi connectivity index (χ1n) is 10.7. The van der Waals surface area contributed by atoms with Gasteiger partial charge in [0.05, 0.1) is 18.2 Å². The zero-order chi connectivity index (χ0) is 21.4. The second-order valence-corrected chi connectivity index (χ2v) is 8.06. The van der Waals surface area contributed by atoms with Crippen molar-refractivity contribution < 1.29 is 9.53 Å². The number of H-pyrrole nitrogens is 1. The van der Waals surface area contributed by atoms with Crippen molar-refractivity contribution >= 4 is 27.6 Å². The molecule has 0 saturated carbocycles.